The molecule has 0 unspecified atom stereocenters. The van der Waals surface area contributed by atoms with Crippen molar-refractivity contribution in [1.82, 2.24) is 14.5 Å². The van der Waals surface area contributed by atoms with Crippen molar-refractivity contribution < 1.29 is 4.74 Å². The van der Waals surface area contributed by atoms with E-state index in [-0.39, 0.29) is 0 Å². The minimum absolute atomic E-state index is 0.606. The van der Waals surface area contributed by atoms with Crippen molar-refractivity contribution >= 4 is 5.69 Å². The van der Waals surface area contributed by atoms with Crippen LogP contribution in [0.25, 0.3) is 0 Å². The second-order valence-electron chi connectivity index (χ2n) is 3.77. The summed E-state index contributed by atoms with van der Waals surface area (Å²) in [4.78, 5) is 8.52. The summed E-state index contributed by atoms with van der Waals surface area (Å²) in [5, 5.41) is 3.30. The third-order valence-electron chi connectivity index (χ3n) is 2.63. The Hall–Kier alpha value is -2.04. The fourth-order valence-corrected chi connectivity index (χ4v) is 1.75. The molecule has 2 aromatic rings. The fourth-order valence-electron chi connectivity index (χ4n) is 1.75. The number of ether oxygens (including phenoxy) is 1. The van der Waals surface area contributed by atoms with Crippen LogP contribution in [0.1, 0.15) is 19.7 Å². The van der Waals surface area contributed by atoms with Crippen molar-refractivity contribution in [2.45, 2.75) is 26.9 Å². The Bertz CT molecular complexity index is 495. The van der Waals surface area contributed by atoms with E-state index >= 15 is 0 Å². The molecule has 0 aliphatic heterocycles. The van der Waals surface area contributed by atoms with Crippen LogP contribution in [0.3, 0.4) is 0 Å². The highest BCUT2D eigenvalue weighted by atomic mass is 16.5. The van der Waals surface area contributed by atoms with Crippen molar-refractivity contribution in [3.05, 3.63) is 36.5 Å². The van der Waals surface area contributed by atoms with Crippen LogP contribution < -0.4 is 10.1 Å². The maximum atomic E-state index is 5.46. The van der Waals surface area contributed by atoms with E-state index in [1.54, 1.807) is 6.20 Å². The average molecular weight is 246 g/mol. The molecule has 0 saturated carbocycles. The third kappa shape index (κ3) is 2.80. The normalized spacial score (nSPS) is 10.3. The van der Waals surface area contributed by atoms with E-state index in [9.17, 15) is 0 Å². The molecule has 2 rings (SSSR count). The van der Waals surface area contributed by atoms with Gasteiger partial charge in [-0.3, -0.25) is 0 Å². The molecule has 0 aliphatic carbocycles. The van der Waals surface area contributed by atoms with Crippen LogP contribution in [-0.4, -0.2) is 21.1 Å². The number of aryl methyl sites for hydroxylation is 1. The van der Waals surface area contributed by atoms with Crippen LogP contribution in [0.2, 0.25) is 0 Å². The smallest absolute Gasteiger partial charge is 0.237 e. The predicted octanol–water partition coefficient (Wildman–Crippen LogP) is 2.31. The molecule has 0 amide bonds. The Kier molecular flexibility index (Phi) is 4.17. The summed E-state index contributed by atoms with van der Waals surface area (Å²) >= 11 is 0. The van der Waals surface area contributed by atoms with E-state index in [1.165, 1.54) is 0 Å². The van der Waals surface area contributed by atoms with Gasteiger partial charge in [0.15, 0.2) is 0 Å². The van der Waals surface area contributed by atoms with Crippen LogP contribution in [0.5, 0.6) is 5.88 Å². The molecule has 0 spiro atoms. The van der Waals surface area contributed by atoms with E-state index < -0.39 is 0 Å². The lowest BCUT2D eigenvalue weighted by Crippen LogP contribution is -2.09. The van der Waals surface area contributed by atoms with Gasteiger partial charge in [-0.05, 0) is 26.0 Å². The average Bonchev–Trinajstić information content (AvgIpc) is 2.85. The molecule has 2 heterocycles. The van der Waals surface area contributed by atoms with E-state index in [2.05, 4.69) is 26.8 Å². The molecule has 0 saturated heterocycles. The zero-order valence-corrected chi connectivity index (χ0v) is 10.8. The third-order valence-corrected chi connectivity index (χ3v) is 2.63. The van der Waals surface area contributed by atoms with Gasteiger partial charge in [-0.1, -0.05) is 0 Å². The highest BCUT2D eigenvalue weighted by Crippen LogP contribution is 2.20. The number of nitrogens with one attached hydrogen (secondary N) is 1. The van der Waals surface area contributed by atoms with Crippen molar-refractivity contribution in [3.63, 3.8) is 0 Å². The Labute approximate surface area is 107 Å². The Balaban J connectivity index is 2.06. The number of hydrogen-bond donors (Lipinski definition) is 1. The fraction of sp³-hybridized carbons (Fsp3) is 0.385. The molecular formula is C13H18N4O. The van der Waals surface area contributed by atoms with Gasteiger partial charge in [0.25, 0.3) is 0 Å². The van der Waals surface area contributed by atoms with E-state index in [0.29, 0.717) is 19.0 Å². The second-order valence-corrected chi connectivity index (χ2v) is 3.77. The number of imidazole rings is 1. The number of rotatable bonds is 6. The lowest BCUT2D eigenvalue weighted by atomic mass is 10.4. The lowest BCUT2D eigenvalue weighted by Gasteiger charge is -2.11. The first-order valence-corrected chi connectivity index (χ1v) is 6.16. The van der Waals surface area contributed by atoms with Gasteiger partial charge in [0.1, 0.15) is 5.82 Å². The number of nitrogens with zero attached hydrogens (tertiary/aromatic N) is 3. The van der Waals surface area contributed by atoms with E-state index in [0.717, 1.165) is 18.1 Å². The first-order chi connectivity index (χ1) is 8.85. The number of hydrogen-bond acceptors (Lipinski definition) is 4. The van der Waals surface area contributed by atoms with Gasteiger partial charge in [0.2, 0.25) is 5.88 Å². The lowest BCUT2D eigenvalue weighted by molar-refractivity contribution is 0.328. The van der Waals surface area contributed by atoms with Crippen LogP contribution in [0, 0.1) is 0 Å². The van der Waals surface area contributed by atoms with Crippen molar-refractivity contribution in [2.75, 3.05) is 11.9 Å². The molecule has 0 fully saturated rings. The highest BCUT2D eigenvalue weighted by molar-refractivity contribution is 5.51. The molecule has 18 heavy (non-hydrogen) atoms. The molecule has 5 nitrogen and oxygen atoms in total. The summed E-state index contributed by atoms with van der Waals surface area (Å²) in [5.74, 6) is 1.64. The molecular weight excluding hydrogens is 228 g/mol. The molecule has 5 heteroatoms. The quantitative estimate of drug-likeness (QED) is 0.849. The molecule has 0 bridgehead atoms. The van der Waals surface area contributed by atoms with Crippen molar-refractivity contribution in [2.24, 2.45) is 0 Å². The largest absolute Gasteiger partial charge is 0.476 e. The zero-order valence-electron chi connectivity index (χ0n) is 10.8. The summed E-state index contributed by atoms with van der Waals surface area (Å²) < 4.78 is 7.56. The summed E-state index contributed by atoms with van der Waals surface area (Å²) in [5.41, 5.74) is 0.894. The Morgan fingerprint density at radius 1 is 1.28 bits per heavy atom. The van der Waals surface area contributed by atoms with Crippen LogP contribution >= 0.6 is 0 Å². The first kappa shape index (κ1) is 12.4. The molecule has 0 atom stereocenters. The maximum absolute atomic E-state index is 5.46. The van der Waals surface area contributed by atoms with Gasteiger partial charge < -0.3 is 14.6 Å². The standard InChI is InChI=1S/C13H18N4O/c1-3-17-9-8-14-12(17)10-16-11-6-5-7-15-13(11)18-4-2/h5-9,16H,3-4,10H2,1-2H3. The van der Waals surface area contributed by atoms with E-state index in [4.69, 9.17) is 4.74 Å². The molecule has 2 aromatic heterocycles. The van der Waals surface area contributed by atoms with Crippen LogP contribution in [-0.2, 0) is 13.1 Å². The zero-order chi connectivity index (χ0) is 12.8. The topological polar surface area (TPSA) is 52.0 Å². The second kappa shape index (κ2) is 6.05. The van der Waals surface area contributed by atoms with Crippen LogP contribution in [0.15, 0.2) is 30.7 Å². The minimum Gasteiger partial charge on any atom is -0.476 e. The Morgan fingerprint density at radius 2 is 2.17 bits per heavy atom. The van der Waals surface area contributed by atoms with Gasteiger partial charge in [0, 0.05) is 25.1 Å². The monoisotopic (exact) mass is 246 g/mol. The predicted molar refractivity (Wildman–Crippen MR) is 70.6 cm³/mol. The molecule has 0 aromatic carbocycles. The first-order valence-electron chi connectivity index (χ1n) is 6.16. The molecule has 1 N–H and O–H groups in total. The van der Waals surface area contributed by atoms with Gasteiger partial charge in [-0.25, -0.2) is 9.97 Å². The van der Waals surface area contributed by atoms with Gasteiger partial charge in [-0.15, -0.1) is 0 Å². The van der Waals surface area contributed by atoms with Crippen molar-refractivity contribution in [1.29, 1.82) is 0 Å². The molecule has 96 valence electrons. The van der Waals surface area contributed by atoms with Gasteiger partial charge in [0.05, 0.1) is 18.8 Å². The molecule has 0 radical (unpaired) electrons. The van der Waals surface area contributed by atoms with Gasteiger partial charge >= 0.3 is 0 Å². The van der Waals surface area contributed by atoms with E-state index in [1.807, 2.05) is 31.5 Å². The summed E-state index contributed by atoms with van der Waals surface area (Å²) in [6, 6.07) is 3.84. The maximum Gasteiger partial charge on any atom is 0.237 e. The van der Waals surface area contributed by atoms with Crippen LogP contribution in [0.4, 0.5) is 5.69 Å². The summed E-state index contributed by atoms with van der Waals surface area (Å²) in [6.45, 7) is 6.23. The SMILES string of the molecule is CCOc1ncccc1NCc1nccn1CC. The van der Waals surface area contributed by atoms with Gasteiger partial charge in [-0.2, -0.15) is 0 Å². The number of anilines is 1. The molecule has 0 aliphatic rings. The number of pyridine rings is 1. The summed E-state index contributed by atoms with van der Waals surface area (Å²) in [7, 11) is 0. The highest BCUT2D eigenvalue weighted by Gasteiger charge is 2.05. The Morgan fingerprint density at radius 3 is 2.94 bits per heavy atom. The van der Waals surface area contributed by atoms with Crippen molar-refractivity contribution in [3.8, 4) is 5.88 Å². The number of aromatic nitrogens is 3. The minimum atomic E-state index is 0.606. The summed E-state index contributed by atoms with van der Waals surface area (Å²) in [6.07, 6.45) is 5.51.